The predicted molar refractivity (Wildman–Crippen MR) is 212 cm³/mol. The first kappa shape index (κ1) is 49.2. The van der Waals surface area contributed by atoms with Gasteiger partial charge in [-0.3, -0.25) is 9.36 Å². The number of phosphoric acid groups is 1. The van der Waals surface area contributed by atoms with Crippen LogP contribution in [0.25, 0.3) is 0 Å². The van der Waals surface area contributed by atoms with Crippen LogP contribution >= 0.6 is 7.82 Å². The fourth-order valence-electron chi connectivity index (χ4n) is 4.95. The van der Waals surface area contributed by atoms with Gasteiger partial charge in [0.2, 0.25) is 0 Å². The summed E-state index contributed by atoms with van der Waals surface area (Å²) in [5.74, 6) is -0.358. The molecule has 0 bridgehead atoms. The number of likely N-dealkylation sites (N-methyl/N-ethyl adjacent to an activating group) is 1. The second kappa shape index (κ2) is 35.2. The molecule has 9 heteroatoms. The SMILES string of the molecule is CC/C=C\C/C=C\C/C=C\CCCCCCCC(=O)OC(COCCCCCCCC/C=C\C/C=C\CCC)COP(=O)([O-])OCC[N+](C)(C)C. The zero-order valence-electron chi connectivity index (χ0n) is 33.3. The van der Waals surface area contributed by atoms with E-state index in [4.69, 9.17) is 18.5 Å². The van der Waals surface area contributed by atoms with Gasteiger partial charge in [0.1, 0.15) is 19.3 Å². The highest BCUT2D eigenvalue weighted by molar-refractivity contribution is 7.45. The van der Waals surface area contributed by atoms with Crippen LogP contribution in [-0.2, 0) is 27.9 Å². The molecule has 0 N–H and O–H groups in total. The molecule has 2 unspecified atom stereocenters. The third-order valence-electron chi connectivity index (χ3n) is 8.03. The molecule has 0 amide bonds. The van der Waals surface area contributed by atoms with Crippen molar-refractivity contribution >= 4 is 13.8 Å². The van der Waals surface area contributed by atoms with E-state index in [0.29, 0.717) is 17.6 Å². The number of phosphoric ester groups is 1. The topological polar surface area (TPSA) is 94.1 Å². The van der Waals surface area contributed by atoms with Crippen molar-refractivity contribution in [2.75, 3.05) is 54.1 Å². The summed E-state index contributed by atoms with van der Waals surface area (Å²) in [5.41, 5.74) is 0. The van der Waals surface area contributed by atoms with Crippen LogP contribution in [0.15, 0.2) is 60.8 Å². The van der Waals surface area contributed by atoms with Crippen LogP contribution in [0.1, 0.15) is 142 Å². The molecule has 0 aromatic carbocycles. The first-order chi connectivity index (χ1) is 24.6. The first-order valence-electron chi connectivity index (χ1n) is 20.0. The van der Waals surface area contributed by atoms with Gasteiger partial charge >= 0.3 is 5.97 Å². The van der Waals surface area contributed by atoms with Gasteiger partial charge < -0.3 is 27.9 Å². The van der Waals surface area contributed by atoms with E-state index in [1.54, 1.807) is 0 Å². The first-order valence-corrected chi connectivity index (χ1v) is 21.5. The fraction of sp³-hybridized carbons (Fsp3) is 0.738. The van der Waals surface area contributed by atoms with Crippen molar-refractivity contribution in [3.05, 3.63) is 60.8 Å². The van der Waals surface area contributed by atoms with E-state index in [2.05, 4.69) is 74.6 Å². The number of rotatable bonds is 36. The molecule has 51 heavy (non-hydrogen) atoms. The van der Waals surface area contributed by atoms with Crippen molar-refractivity contribution in [2.24, 2.45) is 0 Å². The lowest BCUT2D eigenvalue weighted by molar-refractivity contribution is -0.870. The molecule has 0 heterocycles. The average molecular weight is 738 g/mol. The Kier molecular flexibility index (Phi) is 34.0. The van der Waals surface area contributed by atoms with E-state index in [1.165, 1.54) is 25.7 Å². The molecule has 0 aliphatic carbocycles. The van der Waals surface area contributed by atoms with E-state index in [1.807, 2.05) is 21.1 Å². The van der Waals surface area contributed by atoms with Crippen molar-refractivity contribution < 1.29 is 37.3 Å². The molecule has 0 aliphatic heterocycles. The number of esters is 1. The Bertz CT molecular complexity index is 1000. The molecule has 0 radical (unpaired) electrons. The summed E-state index contributed by atoms with van der Waals surface area (Å²) >= 11 is 0. The smallest absolute Gasteiger partial charge is 0.306 e. The maximum absolute atomic E-state index is 12.6. The highest BCUT2D eigenvalue weighted by Gasteiger charge is 2.20. The molecule has 296 valence electrons. The fourth-order valence-corrected chi connectivity index (χ4v) is 5.68. The van der Waals surface area contributed by atoms with E-state index in [-0.39, 0.29) is 32.2 Å². The normalized spacial score (nSPS) is 14.5. The third-order valence-corrected chi connectivity index (χ3v) is 9.00. The van der Waals surface area contributed by atoms with Gasteiger partial charge in [-0.2, -0.15) is 0 Å². The van der Waals surface area contributed by atoms with Crippen LogP contribution in [0, 0.1) is 0 Å². The average Bonchev–Trinajstić information content (AvgIpc) is 3.08. The van der Waals surface area contributed by atoms with Gasteiger partial charge in [0.15, 0.2) is 0 Å². The van der Waals surface area contributed by atoms with Gasteiger partial charge in [-0.15, -0.1) is 0 Å². The molecular formula is C42H76NO7P. The number of nitrogens with zero attached hydrogens (tertiary/aromatic N) is 1. The van der Waals surface area contributed by atoms with E-state index < -0.39 is 13.9 Å². The Morgan fingerprint density at radius 2 is 1.14 bits per heavy atom. The lowest BCUT2D eigenvalue weighted by atomic mass is 10.1. The van der Waals surface area contributed by atoms with Gasteiger partial charge in [0, 0.05) is 13.0 Å². The Hall–Kier alpha value is -1.80. The van der Waals surface area contributed by atoms with Gasteiger partial charge in [0.05, 0.1) is 34.4 Å². The highest BCUT2D eigenvalue weighted by atomic mass is 31.2. The van der Waals surface area contributed by atoms with Crippen molar-refractivity contribution in [2.45, 2.75) is 148 Å². The molecule has 0 spiro atoms. The van der Waals surface area contributed by atoms with Gasteiger partial charge in [0.25, 0.3) is 7.82 Å². The third kappa shape index (κ3) is 39.2. The summed E-state index contributed by atoms with van der Waals surface area (Å²) in [6.45, 7) is 5.16. The Labute approximate surface area is 313 Å². The number of carbonyl (C=O) groups is 1. The highest BCUT2D eigenvalue weighted by Crippen LogP contribution is 2.38. The van der Waals surface area contributed by atoms with Crippen LogP contribution in [0.3, 0.4) is 0 Å². The molecule has 0 aromatic rings. The molecule has 0 rings (SSSR count). The minimum atomic E-state index is -4.53. The molecule has 0 aromatic heterocycles. The summed E-state index contributed by atoms with van der Waals surface area (Å²) in [4.78, 5) is 25.0. The minimum Gasteiger partial charge on any atom is -0.756 e. The summed E-state index contributed by atoms with van der Waals surface area (Å²) in [6.07, 6.45) is 42.3. The lowest BCUT2D eigenvalue weighted by Crippen LogP contribution is -2.37. The van der Waals surface area contributed by atoms with Crippen LogP contribution in [0.4, 0.5) is 0 Å². The quantitative estimate of drug-likeness (QED) is 0.0208. The number of carbonyl (C=O) groups excluding carboxylic acids is 1. The summed E-state index contributed by atoms with van der Waals surface area (Å²) in [6, 6.07) is 0. The number of unbranched alkanes of at least 4 members (excludes halogenated alkanes) is 12. The zero-order chi connectivity index (χ0) is 37.7. The van der Waals surface area contributed by atoms with Crippen LogP contribution in [0.5, 0.6) is 0 Å². The van der Waals surface area contributed by atoms with Crippen LogP contribution in [-0.4, -0.2) is 70.7 Å². The molecule has 0 saturated carbocycles. The lowest BCUT2D eigenvalue weighted by Gasteiger charge is -2.28. The monoisotopic (exact) mass is 738 g/mol. The van der Waals surface area contributed by atoms with Crippen molar-refractivity contribution in [1.29, 1.82) is 0 Å². The summed E-state index contributed by atoms with van der Waals surface area (Å²) < 4.78 is 34.5. The maximum Gasteiger partial charge on any atom is 0.306 e. The van der Waals surface area contributed by atoms with Gasteiger partial charge in [-0.05, 0) is 70.6 Å². The van der Waals surface area contributed by atoms with E-state index >= 15 is 0 Å². The molecule has 0 fully saturated rings. The van der Waals surface area contributed by atoms with Gasteiger partial charge in [-0.1, -0.05) is 126 Å². The zero-order valence-corrected chi connectivity index (χ0v) is 34.2. The number of quaternary nitrogens is 1. The number of ether oxygens (including phenoxy) is 2. The summed E-state index contributed by atoms with van der Waals surface area (Å²) in [7, 11) is 1.32. The second-order valence-electron chi connectivity index (χ2n) is 14.3. The van der Waals surface area contributed by atoms with E-state index in [0.717, 1.165) is 96.3 Å². The minimum absolute atomic E-state index is 0.0173. The number of hydrogen-bond donors (Lipinski definition) is 0. The maximum atomic E-state index is 12.6. The number of allylic oxidation sites excluding steroid dienone is 10. The van der Waals surface area contributed by atoms with Crippen LogP contribution < -0.4 is 4.89 Å². The Balaban J connectivity index is 4.34. The van der Waals surface area contributed by atoms with Gasteiger partial charge in [-0.25, -0.2) is 0 Å². The molecular weight excluding hydrogens is 661 g/mol. The standard InChI is InChI=1S/C42H76NO7P/c1-6-8-10-12-14-16-18-20-22-23-25-27-29-31-33-35-42(44)50-41(40-49-51(45,46)48-38-36-43(3,4)5)39-47-37-34-32-30-28-26-24-21-19-17-15-13-11-9-7-2/h8,10-11,13-14,16-17,19-20,22,41H,6-7,9,12,15,18,21,23-40H2,1-5H3/b10-8-,13-11-,16-14-,19-17-,22-20-. The largest absolute Gasteiger partial charge is 0.756 e. The van der Waals surface area contributed by atoms with E-state index in [9.17, 15) is 14.3 Å². The summed E-state index contributed by atoms with van der Waals surface area (Å²) in [5, 5.41) is 0. The Morgan fingerprint density at radius 3 is 1.71 bits per heavy atom. The molecule has 2 atom stereocenters. The Morgan fingerprint density at radius 1 is 0.627 bits per heavy atom. The van der Waals surface area contributed by atoms with Crippen molar-refractivity contribution in [1.82, 2.24) is 0 Å². The molecule has 8 nitrogen and oxygen atoms in total. The molecule has 0 aliphatic rings. The van der Waals surface area contributed by atoms with Crippen molar-refractivity contribution in [3.8, 4) is 0 Å². The number of hydrogen-bond acceptors (Lipinski definition) is 7. The second-order valence-corrected chi connectivity index (χ2v) is 15.7. The predicted octanol–water partition coefficient (Wildman–Crippen LogP) is 10.7. The van der Waals surface area contributed by atoms with Crippen molar-refractivity contribution in [3.63, 3.8) is 0 Å². The van der Waals surface area contributed by atoms with Crippen LogP contribution in [0.2, 0.25) is 0 Å². The molecule has 0 saturated heterocycles.